The SMILES string of the molecule is Cc1csc(C(C)Nc2cncc(Br)c2)n1. The van der Waals surface area contributed by atoms with Crippen molar-refractivity contribution in [3.63, 3.8) is 0 Å². The first kappa shape index (κ1) is 11.5. The van der Waals surface area contributed by atoms with Crippen molar-refractivity contribution in [1.82, 2.24) is 9.97 Å². The Labute approximate surface area is 107 Å². The predicted molar refractivity (Wildman–Crippen MR) is 70.8 cm³/mol. The zero-order valence-corrected chi connectivity index (χ0v) is 11.5. The van der Waals surface area contributed by atoms with Crippen LogP contribution in [0, 0.1) is 6.92 Å². The van der Waals surface area contributed by atoms with Crippen molar-refractivity contribution in [3.8, 4) is 0 Å². The second-order valence-corrected chi connectivity index (χ2v) is 5.39. The van der Waals surface area contributed by atoms with Crippen molar-refractivity contribution in [2.45, 2.75) is 19.9 Å². The summed E-state index contributed by atoms with van der Waals surface area (Å²) in [5.74, 6) is 0. The predicted octanol–water partition coefficient (Wildman–Crippen LogP) is 3.78. The zero-order chi connectivity index (χ0) is 11.5. The second-order valence-electron chi connectivity index (χ2n) is 3.58. The van der Waals surface area contributed by atoms with Gasteiger partial charge in [0.15, 0.2) is 0 Å². The van der Waals surface area contributed by atoms with Crippen LogP contribution in [0.3, 0.4) is 0 Å². The number of hydrogen-bond acceptors (Lipinski definition) is 4. The monoisotopic (exact) mass is 297 g/mol. The van der Waals surface area contributed by atoms with Gasteiger partial charge in [0.2, 0.25) is 0 Å². The average molecular weight is 298 g/mol. The molecule has 0 saturated carbocycles. The van der Waals surface area contributed by atoms with E-state index in [0.717, 1.165) is 20.9 Å². The lowest BCUT2D eigenvalue weighted by Crippen LogP contribution is -2.06. The Balaban J connectivity index is 2.10. The molecule has 0 aliphatic heterocycles. The number of halogens is 1. The number of aryl methyl sites for hydroxylation is 1. The van der Waals surface area contributed by atoms with Gasteiger partial charge in [-0.2, -0.15) is 0 Å². The molecule has 2 heterocycles. The minimum absolute atomic E-state index is 0.204. The van der Waals surface area contributed by atoms with Crippen molar-refractivity contribution in [2.24, 2.45) is 0 Å². The molecule has 0 radical (unpaired) electrons. The maximum atomic E-state index is 4.45. The summed E-state index contributed by atoms with van der Waals surface area (Å²) in [6.07, 6.45) is 3.57. The fourth-order valence-corrected chi connectivity index (χ4v) is 2.54. The van der Waals surface area contributed by atoms with Crippen LogP contribution in [0.15, 0.2) is 28.3 Å². The van der Waals surface area contributed by atoms with Crippen molar-refractivity contribution in [1.29, 1.82) is 0 Å². The van der Waals surface area contributed by atoms with E-state index in [1.807, 2.05) is 19.2 Å². The number of aromatic nitrogens is 2. The molecule has 0 aliphatic carbocycles. The molecule has 1 unspecified atom stereocenters. The number of pyridine rings is 1. The minimum atomic E-state index is 0.204. The zero-order valence-electron chi connectivity index (χ0n) is 9.07. The van der Waals surface area contributed by atoms with Crippen LogP contribution in [-0.2, 0) is 0 Å². The van der Waals surface area contributed by atoms with E-state index in [9.17, 15) is 0 Å². The largest absolute Gasteiger partial charge is 0.375 e. The van der Waals surface area contributed by atoms with Crippen LogP contribution in [0.25, 0.3) is 0 Å². The molecule has 3 nitrogen and oxygen atoms in total. The van der Waals surface area contributed by atoms with Gasteiger partial charge < -0.3 is 5.32 Å². The molecule has 16 heavy (non-hydrogen) atoms. The smallest absolute Gasteiger partial charge is 0.115 e. The Kier molecular flexibility index (Phi) is 3.56. The third kappa shape index (κ3) is 2.80. The molecule has 2 aromatic heterocycles. The fraction of sp³-hybridized carbons (Fsp3) is 0.273. The van der Waals surface area contributed by atoms with Crippen molar-refractivity contribution >= 4 is 33.0 Å². The molecule has 2 rings (SSSR count). The molecule has 0 aromatic carbocycles. The van der Waals surface area contributed by atoms with E-state index in [4.69, 9.17) is 0 Å². The first-order valence-corrected chi connectivity index (χ1v) is 6.61. The van der Waals surface area contributed by atoms with Gasteiger partial charge in [-0.1, -0.05) is 0 Å². The van der Waals surface area contributed by atoms with Crippen LogP contribution < -0.4 is 5.32 Å². The number of hydrogen-bond donors (Lipinski definition) is 1. The lowest BCUT2D eigenvalue weighted by molar-refractivity contribution is 0.862. The molecule has 0 bridgehead atoms. The fourth-order valence-electron chi connectivity index (χ4n) is 1.37. The van der Waals surface area contributed by atoms with Crippen molar-refractivity contribution < 1.29 is 0 Å². The Morgan fingerprint density at radius 3 is 2.88 bits per heavy atom. The Morgan fingerprint density at radius 2 is 2.25 bits per heavy atom. The van der Waals surface area contributed by atoms with E-state index in [0.29, 0.717) is 0 Å². The van der Waals surface area contributed by atoms with Gasteiger partial charge in [0.25, 0.3) is 0 Å². The summed E-state index contributed by atoms with van der Waals surface area (Å²) in [6.45, 7) is 4.10. The van der Waals surface area contributed by atoms with Gasteiger partial charge in [-0.05, 0) is 35.8 Å². The second kappa shape index (κ2) is 4.93. The number of nitrogens with one attached hydrogen (secondary N) is 1. The van der Waals surface area contributed by atoms with E-state index >= 15 is 0 Å². The molecule has 1 N–H and O–H groups in total. The van der Waals surface area contributed by atoms with Crippen LogP contribution in [0.4, 0.5) is 5.69 Å². The van der Waals surface area contributed by atoms with E-state index in [1.54, 1.807) is 17.5 Å². The lowest BCUT2D eigenvalue weighted by atomic mass is 10.3. The molecule has 0 fully saturated rings. The molecule has 0 amide bonds. The standard InChI is InChI=1S/C11H12BrN3S/c1-7-6-16-11(14-7)8(2)15-10-3-9(12)4-13-5-10/h3-6,8,15H,1-2H3. The molecule has 1 atom stereocenters. The average Bonchev–Trinajstić information content (AvgIpc) is 2.65. The molecule has 84 valence electrons. The summed E-state index contributed by atoms with van der Waals surface area (Å²) in [5.41, 5.74) is 2.07. The first-order valence-electron chi connectivity index (χ1n) is 4.94. The number of rotatable bonds is 3. The van der Waals surface area contributed by atoms with Gasteiger partial charge in [0, 0.05) is 21.7 Å². The highest BCUT2D eigenvalue weighted by atomic mass is 79.9. The van der Waals surface area contributed by atoms with Gasteiger partial charge in [-0.25, -0.2) is 4.98 Å². The van der Waals surface area contributed by atoms with E-state index in [-0.39, 0.29) is 6.04 Å². The van der Waals surface area contributed by atoms with Crippen LogP contribution in [0.1, 0.15) is 23.7 Å². The molecule has 2 aromatic rings. The quantitative estimate of drug-likeness (QED) is 0.937. The highest BCUT2D eigenvalue weighted by molar-refractivity contribution is 9.10. The maximum Gasteiger partial charge on any atom is 0.115 e. The summed E-state index contributed by atoms with van der Waals surface area (Å²) in [5, 5.41) is 6.52. The van der Waals surface area contributed by atoms with Gasteiger partial charge in [0.05, 0.1) is 17.9 Å². The lowest BCUT2D eigenvalue weighted by Gasteiger charge is -2.12. The van der Waals surface area contributed by atoms with Crippen molar-refractivity contribution in [2.75, 3.05) is 5.32 Å². The van der Waals surface area contributed by atoms with Crippen LogP contribution in [0.2, 0.25) is 0 Å². The number of thiazole rings is 1. The number of anilines is 1. The van der Waals surface area contributed by atoms with Gasteiger partial charge >= 0.3 is 0 Å². The molecule has 0 aliphatic rings. The van der Waals surface area contributed by atoms with Crippen LogP contribution >= 0.6 is 27.3 Å². The van der Waals surface area contributed by atoms with E-state index in [2.05, 4.69) is 43.5 Å². The summed E-state index contributed by atoms with van der Waals surface area (Å²) in [6, 6.07) is 2.21. The Hall–Kier alpha value is -0.940. The highest BCUT2D eigenvalue weighted by Gasteiger charge is 2.09. The normalized spacial score (nSPS) is 12.4. The molecule has 0 spiro atoms. The van der Waals surface area contributed by atoms with Crippen LogP contribution in [-0.4, -0.2) is 9.97 Å². The van der Waals surface area contributed by atoms with Crippen molar-refractivity contribution in [3.05, 3.63) is 39.0 Å². The summed E-state index contributed by atoms with van der Waals surface area (Å²) in [7, 11) is 0. The Morgan fingerprint density at radius 1 is 1.44 bits per heavy atom. The minimum Gasteiger partial charge on any atom is -0.375 e. The van der Waals surface area contributed by atoms with Gasteiger partial charge in [-0.3, -0.25) is 4.98 Å². The summed E-state index contributed by atoms with van der Waals surface area (Å²) >= 11 is 5.07. The Bertz CT molecular complexity index is 484. The summed E-state index contributed by atoms with van der Waals surface area (Å²) in [4.78, 5) is 8.56. The van der Waals surface area contributed by atoms with E-state index in [1.165, 1.54) is 0 Å². The number of nitrogens with zero attached hydrogens (tertiary/aromatic N) is 2. The van der Waals surface area contributed by atoms with Crippen LogP contribution in [0.5, 0.6) is 0 Å². The van der Waals surface area contributed by atoms with E-state index < -0.39 is 0 Å². The first-order chi connectivity index (χ1) is 7.65. The highest BCUT2D eigenvalue weighted by Crippen LogP contribution is 2.23. The topological polar surface area (TPSA) is 37.8 Å². The molecular formula is C11H12BrN3S. The molecular weight excluding hydrogens is 286 g/mol. The van der Waals surface area contributed by atoms with Gasteiger partial charge in [-0.15, -0.1) is 11.3 Å². The summed E-state index contributed by atoms with van der Waals surface area (Å²) < 4.78 is 0.972. The maximum absolute atomic E-state index is 4.45. The third-order valence-electron chi connectivity index (χ3n) is 2.10. The third-order valence-corrected chi connectivity index (χ3v) is 3.67. The van der Waals surface area contributed by atoms with Gasteiger partial charge in [0.1, 0.15) is 5.01 Å². The molecule has 0 saturated heterocycles. The molecule has 5 heteroatoms.